The molecule has 0 aliphatic rings. The summed E-state index contributed by atoms with van der Waals surface area (Å²) in [6, 6.07) is 26.8. The molecular formula is C24H17FN2. The maximum atomic E-state index is 14.1. The number of hydrogen-bond acceptors (Lipinski definition) is 1. The molecule has 4 rings (SSSR count). The van der Waals surface area contributed by atoms with Crippen LogP contribution in [0.15, 0.2) is 85.1 Å². The first-order valence-corrected chi connectivity index (χ1v) is 8.75. The number of nitriles is 1. The van der Waals surface area contributed by atoms with Crippen LogP contribution in [-0.4, -0.2) is 4.57 Å². The summed E-state index contributed by atoms with van der Waals surface area (Å²) in [5.41, 5.74) is 3.82. The van der Waals surface area contributed by atoms with Crippen molar-refractivity contribution in [3.05, 3.63) is 108 Å². The number of nitrogens with zero attached hydrogens (tertiary/aromatic N) is 2. The Morgan fingerprint density at radius 2 is 1.63 bits per heavy atom. The number of hydrogen-bond donors (Lipinski definition) is 0. The van der Waals surface area contributed by atoms with Crippen LogP contribution in [0.4, 0.5) is 4.39 Å². The molecule has 27 heavy (non-hydrogen) atoms. The van der Waals surface area contributed by atoms with E-state index in [1.54, 1.807) is 24.3 Å². The number of rotatable bonds is 4. The highest BCUT2D eigenvalue weighted by molar-refractivity contribution is 5.98. The average molecular weight is 352 g/mol. The SMILES string of the molecule is N#CC(=Cc1cn(Cc2ccccc2)c2ccccc12)c1ccccc1F. The summed E-state index contributed by atoms with van der Waals surface area (Å²) in [5.74, 6) is -0.390. The standard InChI is InChI=1S/C24H17FN2/c25-23-12-6-4-10-21(23)19(15-26)14-20-17-27(16-18-8-2-1-3-9-18)24-13-7-5-11-22(20)24/h1-14,17H,16H2. The minimum absolute atomic E-state index is 0.315. The number of allylic oxidation sites excluding steroid dienone is 1. The molecule has 3 aromatic carbocycles. The average Bonchev–Trinajstić information content (AvgIpc) is 3.05. The van der Waals surface area contributed by atoms with Crippen LogP contribution in [0.3, 0.4) is 0 Å². The summed E-state index contributed by atoms with van der Waals surface area (Å²) < 4.78 is 16.3. The van der Waals surface area contributed by atoms with Gasteiger partial charge in [-0.25, -0.2) is 4.39 Å². The Morgan fingerprint density at radius 1 is 0.926 bits per heavy atom. The van der Waals surface area contributed by atoms with Gasteiger partial charge in [-0.15, -0.1) is 0 Å². The summed E-state index contributed by atoms with van der Waals surface area (Å²) in [6.07, 6.45) is 3.79. The lowest BCUT2D eigenvalue weighted by molar-refractivity contribution is 0.624. The third kappa shape index (κ3) is 3.38. The lowest BCUT2D eigenvalue weighted by atomic mass is 10.0. The van der Waals surface area contributed by atoms with Crippen LogP contribution in [0.1, 0.15) is 16.7 Å². The lowest BCUT2D eigenvalue weighted by Gasteiger charge is -2.05. The van der Waals surface area contributed by atoms with Crippen molar-refractivity contribution < 1.29 is 4.39 Å². The normalized spacial score (nSPS) is 11.5. The zero-order valence-electron chi connectivity index (χ0n) is 14.6. The van der Waals surface area contributed by atoms with Crippen molar-refractivity contribution in [3.63, 3.8) is 0 Å². The highest BCUT2D eigenvalue weighted by Crippen LogP contribution is 2.27. The molecule has 0 saturated carbocycles. The van der Waals surface area contributed by atoms with Crippen LogP contribution < -0.4 is 0 Å². The van der Waals surface area contributed by atoms with Gasteiger partial charge in [0.2, 0.25) is 0 Å². The van der Waals surface area contributed by atoms with Crippen LogP contribution in [0.2, 0.25) is 0 Å². The van der Waals surface area contributed by atoms with Gasteiger partial charge >= 0.3 is 0 Å². The number of fused-ring (bicyclic) bond motifs is 1. The molecule has 0 aliphatic carbocycles. The van der Waals surface area contributed by atoms with Gasteiger partial charge in [0.05, 0.1) is 11.6 Å². The predicted octanol–water partition coefficient (Wildman–Crippen LogP) is 5.89. The fourth-order valence-electron chi connectivity index (χ4n) is 3.31. The van der Waals surface area contributed by atoms with E-state index in [-0.39, 0.29) is 0 Å². The molecule has 4 aromatic rings. The lowest BCUT2D eigenvalue weighted by Crippen LogP contribution is -1.97. The van der Waals surface area contributed by atoms with Gasteiger partial charge in [-0.1, -0.05) is 66.7 Å². The zero-order valence-corrected chi connectivity index (χ0v) is 14.6. The van der Waals surface area contributed by atoms with Crippen LogP contribution in [0.5, 0.6) is 0 Å². The second-order valence-corrected chi connectivity index (χ2v) is 6.36. The van der Waals surface area contributed by atoms with Gasteiger partial charge in [-0.2, -0.15) is 5.26 Å². The number of halogens is 1. The highest BCUT2D eigenvalue weighted by atomic mass is 19.1. The molecule has 130 valence electrons. The first-order chi connectivity index (χ1) is 13.3. The number of benzene rings is 3. The molecule has 0 unspecified atom stereocenters. The van der Waals surface area contributed by atoms with Gasteiger partial charge in [-0.05, 0) is 23.8 Å². The van der Waals surface area contributed by atoms with E-state index in [0.717, 1.165) is 23.0 Å². The van der Waals surface area contributed by atoms with E-state index in [1.807, 2.05) is 42.6 Å². The van der Waals surface area contributed by atoms with Crippen LogP contribution in [0.25, 0.3) is 22.6 Å². The van der Waals surface area contributed by atoms with Crippen LogP contribution in [-0.2, 0) is 6.54 Å². The second-order valence-electron chi connectivity index (χ2n) is 6.36. The molecule has 1 aromatic heterocycles. The Kier molecular flexibility index (Phi) is 4.55. The Hall–Kier alpha value is -3.64. The van der Waals surface area contributed by atoms with Crippen molar-refractivity contribution in [2.24, 2.45) is 0 Å². The smallest absolute Gasteiger partial charge is 0.131 e. The molecule has 0 spiro atoms. The van der Waals surface area contributed by atoms with E-state index in [1.165, 1.54) is 11.6 Å². The quantitative estimate of drug-likeness (QED) is 0.421. The topological polar surface area (TPSA) is 28.7 Å². The third-order valence-corrected chi connectivity index (χ3v) is 4.60. The van der Waals surface area contributed by atoms with Gasteiger partial charge in [0.1, 0.15) is 5.82 Å². The monoisotopic (exact) mass is 352 g/mol. The predicted molar refractivity (Wildman–Crippen MR) is 107 cm³/mol. The van der Waals surface area contributed by atoms with Crippen LogP contribution >= 0.6 is 0 Å². The van der Waals surface area contributed by atoms with Gasteiger partial charge in [0, 0.05) is 34.8 Å². The minimum Gasteiger partial charge on any atom is -0.342 e. The summed E-state index contributed by atoms with van der Waals surface area (Å²) in [5, 5.41) is 10.6. The first-order valence-electron chi connectivity index (χ1n) is 8.75. The maximum Gasteiger partial charge on any atom is 0.131 e. The van der Waals surface area contributed by atoms with Crippen molar-refractivity contribution in [1.29, 1.82) is 5.26 Å². The minimum atomic E-state index is -0.390. The van der Waals surface area contributed by atoms with E-state index < -0.39 is 5.82 Å². The molecule has 0 atom stereocenters. The van der Waals surface area contributed by atoms with E-state index >= 15 is 0 Å². The molecule has 0 aliphatic heterocycles. The second kappa shape index (κ2) is 7.31. The van der Waals surface area contributed by atoms with Gasteiger partial charge in [0.25, 0.3) is 0 Å². The Morgan fingerprint density at radius 3 is 2.41 bits per heavy atom. The van der Waals surface area contributed by atoms with E-state index in [2.05, 4.69) is 28.8 Å². The molecule has 0 amide bonds. The van der Waals surface area contributed by atoms with Gasteiger partial charge in [-0.3, -0.25) is 0 Å². The molecule has 0 saturated heterocycles. The summed E-state index contributed by atoms with van der Waals surface area (Å²) >= 11 is 0. The third-order valence-electron chi connectivity index (χ3n) is 4.60. The molecule has 0 N–H and O–H groups in total. The van der Waals surface area contributed by atoms with Crippen molar-refractivity contribution in [3.8, 4) is 6.07 Å². The number of aromatic nitrogens is 1. The summed E-state index contributed by atoms with van der Waals surface area (Å²) in [7, 11) is 0. The van der Waals surface area contributed by atoms with E-state index in [4.69, 9.17) is 0 Å². The molecule has 0 fully saturated rings. The number of para-hydroxylation sites is 1. The molecule has 3 heteroatoms. The zero-order chi connectivity index (χ0) is 18.6. The van der Waals surface area contributed by atoms with E-state index in [0.29, 0.717) is 11.1 Å². The van der Waals surface area contributed by atoms with Crippen molar-refractivity contribution >= 4 is 22.6 Å². The molecule has 0 bridgehead atoms. The van der Waals surface area contributed by atoms with Crippen LogP contribution in [0, 0.1) is 17.1 Å². The van der Waals surface area contributed by atoms with Gasteiger partial charge in [0.15, 0.2) is 0 Å². The summed E-state index contributed by atoms with van der Waals surface area (Å²) in [4.78, 5) is 0. The van der Waals surface area contributed by atoms with Crippen molar-refractivity contribution in [2.75, 3.05) is 0 Å². The highest BCUT2D eigenvalue weighted by Gasteiger charge is 2.11. The molecule has 0 radical (unpaired) electrons. The maximum absolute atomic E-state index is 14.1. The molecular weight excluding hydrogens is 335 g/mol. The Balaban J connectivity index is 1.83. The van der Waals surface area contributed by atoms with Crippen molar-refractivity contribution in [1.82, 2.24) is 4.57 Å². The van der Waals surface area contributed by atoms with E-state index in [9.17, 15) is 9.65 Å². The van der Waals surface area contributed by atoms with Gasteiger partial charge < -0.3 is 4.57 Å². The summed E-state index contributed by atoms with van der Waals surface area (Å²) in [6.45, 7) is 0.733. The fraction of sp³-hybridized carbons (Fsp3) is 0.0417. The Bertz CT molecular complexity index is 1160. The fourth-order valence-corrected chi connectivity index (χ4v) is 3.31. The largest absolute Gasteiger partial charge is 0.342 e. The van der Waals surface area contributed by atoms with Crippen molar-refractivity contribution in [2.45, 2.75) is 6.54 Å². The Labute approximate surface area is 157 Å². The molecule has 1 heterocycles. The first kappa shape index (κ1) is 16.8. The molecule has 2 nitrogen and oxygen atoms in total.